The maximum absolute atomic E-state index is 12.8. The first-order valence-corrected chi connectivity index (χ1v) is 11.4. The molecule has 1 unspecified atom stereocenters. The predicted molar refractivity (Wildman–Crippen MR) is 113 cm³/mol. The SMILES string of the molecule is C#CCN(CC(=O)Nc1c(C#N)c(C)c(C)n1Cc1ccco1)C1CCS(=O)(=O)C1. The van der Waals surface area contributed by atoms with Crippen LogP contribution in [0, 0.1) is 37.5 Å². The molecule has 1 atom stereocenters. The topological polar surface area (TPSA) is 108 Å². The number of hydrogen-bond donors (Lipinski definition) is 1. The molecule has 2 aromatic rings. The van der Waals surface area contributed by atoms with Gasteiger partial charge in [-0.3, -0.25) is 9.69 Å². The van der Waals surface area contributed by atoms with Crippen LogP contribution in [0.4, 0.5) is 5.82 Å². The third-order valence-corrected chi connectivity index (χ3v) is 7.21. The number of aromatic nitrogens is 1. The zero-order chi connectivity index (χ0) is 21.9. The lowest BCUT2D eigenvalue weighted by Gasteiger charge is -2.25. The fourth-order valence-electron chi connectivity index (χ4n) is 3.74. The molecule has 9 heteroatoms. The number of anilines is 1. The summed E-state index contributed by atoms with van der Waals surface area (Å²) in [5.41, 5.74) is 2.02. The van der Waals surface area contributed by atoms with Crippen LogP contribution >= 0.6 is 0 Å². The number of terminal acetylenes is 1. The van der Waals surface area contributed by atoms with Gasteiger partial charge in [-0.2, -0.15) is 5.26 Å². The van der Waals surface area contributed by atoms with Gasteiger partial charge in [-0.05, 0) is 38.0 Å². The molecule has 0 aliphatic carbocycles. The zero-order valence-corrected chi connectivity index (χ0v) is 17.8. The minimum atomic E-state index is -3.10. The lowest BCUT2D eigenvalue weighted by atomic mass is 10.2. The number of carbonyl (C=O) groups excluding carboxylic acids is 1. The molecule has 0 radical (unpaired) electrons. The summed E-state index contributed by atoms with van der Waals surface area (Å²) >= 11 is 0. The molecule has 0 aromatic carbocycles. The van der Waals surface area contributed by atoms with E-state index in [0.29, 0.717) is 30.1 Å². The van der Waals surface area contributed by atoms with Crippen molar-refractivity contribution in [3.63, 3.8) is 0 Å². The van der Waals surface area contributed by atoms with Crippen LogP contribution in [-0.4, -0.2) is 54.4 Å². The molecule has 30 heavy (non-hydrogen) atoms. The molecule has 0 spiro atoms. The molecule has 1 aliphatic rings. The summed E-state index contributed by atoms with van der Waals surface area (Å²) in [5.74, 6) is 3.33. The van der Waals surface area contributed by atoms with E-state index in [-0.39, 0.29) is 36.5 Å². The van der Waals surface area contributed by atoms with Crippen LogP contribution in [0.3, 0.4) is 0 Å². The van der Waals surface area contributed by atoms with Crippen LogP contribution in [0.25, 0.3) is 0 Å². The number of nitriles is 1. The van der Waals surface area contributed by atoms with E-state index in [0.717, 1.165) is 11.3 Å². The highest BCUT2D eigenvalue weighted by Gasteiger charge is 2.33. The van der Waals surface area contributed by atoms with Gasteiger partial charge in [-0.25, -0.2) is 8.42 Å². The van der Waals surface area contributed by atoms with Crippen molar-refractivity contribution in [2.45, 2.75) is 32.9 Å². The molecular weight excluding hydrogens is 404 g/mol. The van der Waals surface area contributed by atoms with E-state index in [1.807, 2.05) is 24.5 Å². The third kappa shape index (κ3) is 4.59. The van der Waals surface area contributed by atoms with E-state index in [9.17, 15) is 18.5 Å². The Hall–Kier alpha value is -3.01. The minimum absolute atomic E-state index is 0.00150. The standard InChI is InChI=1S/C21H24N4O4S/c1-4-8-24(17-7-10-30(27,28)14-17)13-20(26)23-21-19(11-22)15(2)16(3)25(21)12-18-6-5-9-29-18/h1,5-6,9,17H,7-8,10,12-14H2,2-3H3,(H,23,26). The van der Waals surface area contributed by atoms with Gasteiger partial charge >= 0.3 is 0 Å². The van der Waals surface area contributed by atoms with Crippen molar-refractivity contribution in [3.05, 3.63) is 41.0 Å². The van der Waals surface area contributed by atoms with Gasteiger partial charge in [0.15, 0.2) is 9.84 Å². The highest BCUT2D eigenvalue weighted by atomic mass is 32.2. The fourth-order valence-corrected chi connectivity index (χ4v) is 5.50. The largest absolute Gasteiger partial charge is 0.467 e. The molecule has 1 amide bonds. The van der Waals surface area contributed by atoms with Crippen LogP contribution in [0.5, 0.6) is 0 Å². The first-order chi connectivity index (χ1) is 14.3. The molecular formula is C21H24N4O4S. The lowest BCUT2D eigenvalue weighted by Crippen LogP contribution is -2.42. The van der Waals surface area contributed by atoms with Crippen molar-refractivity contribution in [2.24, 2.45) is 0 Å². The van der Waals surface area contributed by atoms with Crippen molar-refractivity contribution >= 4 is 21.6 Å². The van der Waals surface area contributed by atoms with Gasteiger partial charge in [-0.1, -0.05) is 5.92 Å². The highest BCUT2D eigenvalue weighted by Crippen LogP contribution is 2.27. The Morgan fingerprint density at radius 2 is 2.23 bits per heavy atom. The van der Waals surface area contributed by atoms with Gasteiger partial charge in [0, 0.05) is 11.7 Å². The second-order valence-corrected chi connectivity index (χ2v) is 9.65. The first-order valence-electron chi connectivity index (χ1n) is 9.55. The van der Waals surface area contributed by atoms with Gasteiger partial charge < -0.3 is 14.3 Å². The summed E-state index contributed by atoms with van der Waals surface area (Å²) in [4.78, 5) is 14.5. The summed E-state index contributed by atoms with van der Waals surface area (Å²) in [7, 11) is -3.10. The number of rotatable bonds is 7. The molecule has 3 rings (SSSR count). The summed E-state index contributed by atoms with van der Waals surface area (Å²) < 4.78 is 30.9. The Morgan fingerprint density at radius 1 is 1.47 bits per heavy atom. The Kier molecular flexibility index (Phi) is 6.35. The van der Waals surface area contributed by atoms with Crippen LogP contribution in [0.1, 0.15) is 29.0 Å². The molecule has 3 heterocycles. The van der Waals surface area contributed by atoms with Gasteiger partial charge in [0.05, 0.1) is 43.0 Å². The summed E-state index contributed by atoms with van der Waals surface area (Å²) in [5, 5.41) is 12.5. The molecule has 158 valence electrons. The number of nitrogens with zero attached hydrogens (tertiary/aromatic N) is 3. The van der Waals surface area contributed by atoms with Crippen LogP contribution in [0.15, 0.2) is 22.8 Å². The van der Waals surface area contributed by atoms with E-state index >= 15 is 0 Å². The first kappa shape index (κ1) is 21.7. The van der Waals surface area contributed by atoms with Crippen LogP contribution in [0.2, 0.25) is 0 Å². The van der Waals surface area contributed by atoms with Crippen molar-refractivity contribution in [1.29, 1.82) is 5.26 Å². The van der Waals surface area contributed by atoms with Crippen LogP contribution in [-0.2, 0) is 21.2 Å². The molecule has 1 N–H and O–H groups in total. The maximum atomic E-state index is 12.8. The van der Waals surface area contributed by atoms with E-state index in [4.69, 9.17) is 10.8 Å². The number of sulfone groups is 1. The van der Waals surface area contributed by atoms with Crippen LogP contribution < -0.4 is 5.32 Å². The molecule has 1 saturated heterocycles. The number of nitrogens with one attached hydrogen (secondary N) is 1. The summed E-state index contributed by atoms with van der Waals surface area (Å²) in [6.07, 6.45) is 7.45. The number of carbonyl (C=O) groups is 1. The maximum Gasteiger partial charge on any atom is 0.239 e. The predicted octanol–water partition coefficient (Wildman–Crippen LogP) is 1.68. The van der Waals surface area contributed by atoms with Crippen molar-refractivity contribution in [3.8, 4) is 18.4 Å². The molecule has 0 bridgehead atoms. The highest BCUT2D eigenvalue weighted by molar-refractivity contribution is 7.91. The second-order valence-electron chi connectivity index (χ2n) is 7.43. The Labute approximate surface area is 176 Å². The van der Waals surface area contributed by atoms with Gasteiger partial charge in [0.1, 0.15) is 17.6 Å². The Balaban J connectivity index is 1.82. The minimum Gasteiger partial charge on any atom is -0.467 e. The van der Waals surface area contributed by atoms with E-state index in [2.05, 4.69) is 17.3 Å². The molecule has 2 aromatic heterocycles. The van der Waals surface area contributed by atoms with Crippen molar-refractivity contribution in [1.82, 2.24) is 9.47 Å². The van der Waals surface area contributed by atoms with E-state index in [1.54, 1.807) is 17.2 Å². The number of amides is 1. The monoisotopic (exact) mass is 428 g/mol. The van der Waals surface area contributed by atoms with Crippen molar-refractivity contribution in [2.75, 3.05) is 29.9 Å². The Morgan fingerprint density at radius 3 is 2.80 bits per heavy atom. The number of furan rings is 1. The molecule has 8 nitrogen and oxygen atoms in total. The Bertz CT molecular complexity index is 1120. The summed E-state index contributed by atoms with van der Waals surface area (Å²) in [6.45, 7) is 4.19. The fraction of sp³-hybridized carbons (Fsp3) is 0.429. The van der Waals surface area contributed by atoms with Gasteiger partial charge in [0.2, 0.25) is 5.91 Å². The smallest absolute Gasteiger partial charge is 0.239 e. The average molecular weight is 429 g/mol. The summed E-state index contributed by atoms with van der Waals surface area (Å²) in [6, 6.07) is 5.47. The lowest BCUT2D eigenvalue weighted by molar-refractivity contribution is -0.117. The van der Waals surface area contributed by atoms with E-state index in [1.165, 1.54) is 0 Å². The molecule has 0 saturated carbocycles. The quantitative estimate of drug-likeness (QED) is 0.672. The van der Waals surface area contributed by atoms with Crippen molar-refractivity contribution < 1.29 is 17.6 Å². The van der Waals surface area contributed by atoms with Gasteiger partial charge in [0.25, 0.3) is 0 Å². The molecule has 1 aliphatic heterocycles. The molecule has 1 fully saturated rings. The number of hydrogen-bond acceptors (Lipinski definition) is 6. The average Bonchev–Trinajstić information content (AvgIpc) is 3.38. The normalized spacial score (nSPS) is 17.6. The van der Waals surface area contributed by atoms with Gasteiger partial charge in [-0.15, -0.1) is 6.42 Å². The second kappa shape index (κ2) is 8.78. The van der Waals surface area contributed by atoms with E-state index < -0.39 is 9.84 Å². The third-order valence-electron chi connectivity index (χ3n) is 5.46. The zero-order valence-electron chi connectivity index (χ0n) is 17.0.